The number of rotatable bonds is 5. The number of thioether (sulfide) groups is 1. The molecule has 5 heteroatoms. The van der Waals surface area contributed by atoms with E-state index in [1.807, 2.05) is 6.92 Å². The van der Waals surface area contributed by atoms with Crippen molar-refractivity contribution >= 4 is 29.1 Å². The maximum absolute atomic E-state index is 10.6. The molecule has 1 atom stereocenters. The van der Waals surface area contributed by atoms with Crippen LogP contribution in [0.5, 0.6) is 0 Å². The summed E-state index contributed by atoms with van der Waals surface area (Å²) in [4.78, 5) is 11.8. The van der Waals surface area contributed by atoms with Crippen LogP contribution in [0.25, 0.3) is 0 Å². The zero-order valence-corrected chi connectivity index (χ0v) is 9.40. The molecule has 0 spiro atoms. The third-order valence-electron chi connectivity index (χ3n) is 1.70. The number of aliphatic hydroxyl groups is 1. The van der Waals surface area contributed by atoms with Crippen LogP contribution >= 0.6 is 23.1 Å². The standard InChI is InChI=1S/C9H12O3S2/c1-2-6(10)4-13-7-3-8(9(11)12)14-5-7/h3,5-6,10H,2,4H2,1H3,(H,11,12). The minimum absolute atomic E-state index is 0.312. The molecule has 78 valence electrons. The number of aliphatic hydroxyl groups excluding tert-OH is 1. The smallest absolute Gasteiger partial charge is 0.345 e. The van der Waals surface area contributed by atoms with Crippen molar-refractivity contribution in [2.75, 3.05) is 5.75 Å². The molecule has 0 bridgehead atoms. The Morgan fingerprint density at radius 3 is 2.93 bits per heavy atom. The third-order valence-corrected chi connectivity index (χ3v) is 3.89. The molecule has 0 amide bonds. The number of hydrogen-bond donors (Lipinski definition) is 2. The van der Waals surface area contributed by atoms with Gasteiger partial charge in [-0.15, -0.1) is 23.1 Å². The largest absolute Gasteiger partial charge is 0.477 e. The second-order valence-electron chi connectivity index (χ2n) is 2.82. The molecular weight excluding hydrogens is 220 g/mol. The number of hydrogen-bond acceptors (Lipinski definition) is 4. The highest BCUT2D eigenvalue weighted by molar-refractivity contribution is 7.99. The average molecular weight is 232 g/mol. The highest BCUT2D eigenvalue weighted by Crippen LogP contribution is 2.25. The van der Waals surface area contributed by atoms with Crippen molar-refractivity contribution in [3.63, 3.8) is 0 Å². The van der Waals surface area contributed by atoms with Crippen LogP contribution in [-0.4, -0.2) is 28.0 Å². The van der Waals surface area contributed by atoms with Gasteiger partial charge in [0.25, 0.3) is 0 Å². The topological polar surface area (TPSA) is 57.5 Å². The number of aromatic carboxylic acids is 1. The lowest BCUT2D eigenvalue weighted by Gasteiger charge is -2.04. The molecule has 2 N–H and O–H groups in total. The van der Waals surface area contributed by atoms with Crippen LogP contribution in [0.4, 0.5) is 0 Å². The Balaban J connectivity index is 2.48. The molecule has 0 radical (unpaired) electrons. The van der Waals surface area contributed by atoms with Gasteiger partial charge in [-0.2, -0.15) is 0 Å². The van der Waals surface area contributed by atoms with E-state index in [1.165, 1.54) is 23.1 Å². The lowest BCUT2D eigenvalue weighted by Crippen LogP contribution is -2.06. The Morgan fingerprint density at radius 2 is 2.43 bits per heavy atom. The summed E-state index contributed by atoms with van der Waals surface area (Å²) in [6.45, 7) is 1.92. The highest BCUT2D eigenvalue weighted by atomic mass is 32.2. The minimum atomic E-state index is -0.891. The van der Waals surface area contributed by atoms with Gasteiger partial charge in [-0.05, 0) is 12.5 Å². The summed E-state index contributed by atoms with van der Waals surface area (Å²) >= 11 is 2.70. The van der Waals surface area contributed by atoms with Gasteiger partial charge in [-0.1, -0.05) is 6.92 Å². The Labute approximate surface area is 90.8 Å². The van der Waals surface area contributed by atoms with Crippen molar-refractivity contribution in [3.05, 3.63) is 16.3 Å². The Bertz CT molecular complexity index is 309. The predicted octanol–water partition coefficient (Wildman–Crippen LogP) is 2.31. The first kappa shape index (κ1) is 11.6. The molecule has 0 fully saturated rings. The summed E-state index contributed by atoms with van der Waals surface area (Å²) in [5.41, 5.74) is 0. The van der Waals surface area contributed by atoms with E-state index in [1.54, 1.807) is 11.4 Å². The lowest BCUT2D eigenvalue weighted by molar-refractivity contribution is 0.0702. The molecule has 1 aromatic heterocycles. The van der Waals surface area contributed by atoms with Gasteiger partial charge in [0.1, 0.15) is 4.88 Å². The zero-order chi connectivity index (χ0) is 10.6. The molecule has 14 heavy (non-hydrogen) atoms. The third kappa shape index (κ3) is 3.32. The van der Waals surface area contributed by atoms with Crippen LogP contribution in [0.15, 0.2) is 16.3 Å². The molecule has 1 unspecified atom stereocenters. The zero-order valence-electron chi connectivity index (χ0n) is 7.77. The molecule has 0 saturated carbocycles. The first-order valence-corrected chi connectivity index (χ1v) is 6.12. The first-order chi connectivity index (χ1) is 6.63. The van der Waals surface area contributed by atoms with E-state index in [2.05, 4.69) is 0 Å². The fourth-order valence-corrected chi connectivity index (χ4v) is 2.74. The maximum Gasteiger partial charge on any atom is 0.345 e. The fraction of sp³-hybridized carbons (Fsp3) is 0.444. The maximum atomic E-state index is 10.6. The van der Waals surface area contributed by atoms with E-state index >= 15 is 0 Å². The normalized spacial score (nSPS) is 12.7. The van der Waals surface area contributed by atoms with E-state index in [4.69, 9.17) is 5.11 Å². The monoisotopic (exact) mass is 232 g/mol. The minimum Gasteiger partial charge on any atom is -0.477 e. The van der Waals surface area contributed by atoms with Crippen LogP contribution in [0, 0.1) is 0 Å². The van der Waals surface area contributed by atoms with Crippen molar-refractivity contribution in [3.8, 4) is 0 Å². The second kappa shape index (κ2) is 5.38. The average Bonchev–Trinajstić information content (AvgIpc) is 2.62. The molecule has 0 saturated heterocycles. The van der Waals surface area contributed by atoms with Gasteiger partial charge in [-0.25, -0.2) is 4.79 Å². The molecule has 1 heterocycles. The number of thiophene rings is 1. The molecular formula is C9H12O3S2. The molecule has 0 aliphatic carbocycles. The van der Waals surface area contributed by atoms with E-state index in [0.717, 1.165) is 11.3 Å². The summed E-state index contributed by atoms with van der Waals surface area (Å²) < 4.78 is 0. The summed E-state index contributed by atoms with van der Waals surface area (Å²) in [7, 11) is 0. The van der Waals surface area contributed by atoms with Crippen LogP contribution in [0.3, 0.4) is 0 Å². The van der Waals surface area contributed by atoms with Gasteiger partial charge < -0.3 is 10.2 Å². The van der Waals surface area contributed by atoms with Crippen LogP contribution in [0.2, 0.25) is 0 Å². The Kier molecular flexibility index (Phi) is 4.44. The summed E-state index contributed by atoms with van der Waals surface area (Å²) in [5.74, 6) is -0.273. The van der Waals surface area contributed by atoms with Crippen LogP contribution in [-0.2, 0) is 0 Å². The van der Waals surface area contributed by atoms with E-state index in [0.29, 0.717) is 10.6 Å². The first-order valence-electron chi connectivity index (χ1n) is 4.26. The summed E-state index contributed by atoms with van der Waals surface area (Å²) in [5, 5.41) is 19.8. The van der Waals surface area contributed by atoms with Crippen molar-refractivity contribution in [2.24, 2.45) is 0 Å². The van der Waals surface area contributed by atoms with Gasteiger partial charge in [0.2, 0.25) is 0 Å². The van der Waals surface area contributed by atoms with Gasteiger partial charge in [0, 0.05) is 16.0 Å². The molecule has 0 aliphatic heterocycles. The summed E-state index contributed by atoms with van der Waals surface area (Å²) in [6, 6.07) is 1.64. The van der Waals surface area contributed by atoms with Gasteiger partial charge in [0.15, 0.2) is 0 Å². The quantitative estimate of drug-likeness (QED) is 0.765. The molecule has 1 aromatic rings. The van der Waals surface area contributed by atoms with Gasteiger partial charge >= 0.3 is 5.97 Å². The summed E-state index contributed by atoms with van der Waals surface area (Å²) in [6.07, 6.45) is 0.413. The highest BCUT2D eigenvalue weighted by Gasteiger charge is 2.08. The van der Waals surface area contributed by atoms with Gasteiger partial charge in [0.05, 0.1) is 6.10 Å². The SMILES string of the molecule is CCC(O)CSc1csc(C(=O)O)c1. The van der Waals surface area contributed by atoms with Crippen molar-refractivity contribution in [2.45, 2.75) is 24.3 Å². The molecule has 1 rings (SSSR count). The Morgan fingerprint density at radius 1 is 1.71 bits per heavy atom. The fourth-order valence-electron chi connectivity index (χ4n) is 0.817. The van der Waals surface area contributed by atoms with Crippen molar-refractivity contribution in [1.82, 2.24) is 0 Å². The van der Waals surface area contributed by atoms with E-state index in [-0.39, 0.29) is 6.10 Å². The molecule has 0 aliphatic rings. The number of carboxylic acids is 1. The molecule has 0 aromatic carbocycles. The second-order valence-corrected chi connectivity index (χ2v) is 4.83. The van der Waals surface area contributed by atoms with Crippen molar-refractivity contribution < 1.29 is 15.0 Å². The number of carbonyl (C=O) groups is 1. The van der Waals surface area contributed by atoms with Crippen molar-refractivity contribution in [1.29, 1.82) is 0 Å². The lowest BCUT2D eigenvalue weighted by atomic mass is 10.3. The predicted molar refractivity (Wildman–Crippen MR) is 58.3 cm³/mol. The Hall–Kier alpha value is -0.520. The molecule has 3 nitrogen and oxygen atoms in total. The van der Waals surface area contributed by atoms with E-state index in [9.17, 15) is 9.90 Å². The van der Waals surface area contributed by atoms with Crippen LogP contribution < -0.4 is 0 Å². The van der Waals surface area contributed by atoms with Crippen LogP contribution in [0.1, 0.15) is 23.0 Å². The number of carboxylic acid groups (broad SMARTS) is 1. The van der Waals surface area contributed by atoms with Gasteiger partial charge in [-0.3, -0.25) is 0 Å². The van der Waals surface area contributed by atoms with E-state index < -0.39 is 5.97 Å².